The van der Waals surface area contributed by atoms with E-state index >= 15 is 0 Å². The number of nitrogens with one attached hydrogen (secondary N) is 1. The van der Waals surface area contributed by atoms with Crippen molar-refractivity contribution in [2.45, 2.75) is 52.0 Å². The molecule has 0 aliphatic heterocycles. The number of carbonyl (C=O) groups excluding carboxylic acids is 2. The van der Waals surface area contributed by atoms with Crippen molar-refractivity contribution in [2.24, 2.45) is 11.3 Å². The van der Waals surface area contributed by atoms with Crippen LogP contribution in [0.3, 0.4) is 0 Å². The maximum absolute atomic E-state index is 13.0. The lowest BCUT2D eigenvalue weighted by molar-refractivity contribution is -0.134. The summed E-state index contributed by atoms with van der Waals surface area (Å²) in [6, 6.07) is 19.3. The molecule has 3 aromatic rings. The first-order chi connectivity index (χ1) is 15.4. The fraction of sp³-hybridized carbons (Fsp3) is 0.357. The van der Waals surface area contributed by atoms with Crippen molar-refractivity contribution in [1.82, 2.24) is 5.32 Å². The smallest absolute Gasteiger partial charge is 0.252 e. The predicted octanol–water partition coefficient (Wildman–Crippen LogP) is 6.19. The van der Waals surface area contributed by atoms with Gasteiger partial charge in [0.25, 0.3) is 5.91 Å². The number of hydrogen-bond donors (Lipinski definition) is 1. The van der Waals surface area contributed by atoms with Gasteiger partial charge < -0.3 is 5.32 Å². The normalized spacial score (nSPS) is 23.9. The first kappa shape index (κ1) is 21.1. The number of carbonyl (C=O) groups is 2. The zero-order chi connectivity index (χ0) is 22.3. The van der Waals surface area contributed by atoms with E-state index in [0.717, 1.165) is 43.2 Å². The molecule has 0 bridgehead atoms. The molecule has 0 atom stereocenters. The Morgan fingerprint density at radius 1 is 0.969 bits per heavy atom. The summed E-state index contributed by atoms with van der Waals surface area (Å²) in [5.74, 6) is 0.622. The molecule has 1 amide bonds. The molecule has 2 aromatic carbocycles. The second-order valence-electron chi connectivity index (χ2n) is 9.72. The number of thiophene rings is 1. The van der Waals surface area contributed by atoms with Gasteiger partial charge in [-0.2, -0.15) is 0 Å². The van der Waals surface area contributed by atoms with Crippen LogP contribution in [0.4, 0.5) is 0 Å². The molecule has 0 radical (unpaired) electrons. The van der Waals surface area contributed by atoms with E-state index in [1.54, 1.807) is 18.3 Å². The molecular formula is C28H29NO2S. The minimum Gasteiger partial charge on any atom is -0.349 e. The highest BCUT2D eigenvalue weighted by molar-refractivity contribution is 7.10. The molecule has 2 saturated carbocycles. The summed E-state index contributed by atoms with van der Waals surface area (Å²) in [4.78, 5) is 25.8. The average Bonchev–Trinajstić information content (AvgIpc) is 3.10. The third kappa shape index (κ3) is 4.04. The molecular weight excluding hydrogens is 414 g/mol. The molecule has 164 valence electrons. The largest absolute Gasteiger partial charge is 0.349 e. The van der Waals surface area contributed by atoms with Gasteiger partial charge in [0.1, 0.15) is 5.78 Å². The van der Waals surface area contributed by atoms with Crippen molar-refractivity contribution in [1.29, 1.82) is 0 Å². The predicted molar refractivity (Wildman–Crippen MR) is 130 cm³/mol. The van der Waals surface area contributed by atoms with Gasteiger partial charge in [0, 0.05) is 22.2 Å². The molecule has 32 heavy (non-hydrogen) atoms. The number of hydrogen-bond acceptors (Lipinski definition) is 3. The van der Waals surface area contributed by atoms with Crippen molar-refractivity contribution in [2.75, 3.05) is 0 Å². The van der Waals surface area contributed by atoms with Crippen LogP contribution in [-0.2, 0) is 11.2 Å². The minimum absolute atomic E-state index is 0.0487. The molecule has 1 aromatic heterocycles. The van der Waals surface area contributed by atoms with Crippen molar-refractivity contribution in [3.63, 3.8) is 0 Å². The fourth-order valence-electron chi connectivity index (χ4n) is 5.50. The van der Waals surface area contributed by atoms with Gasteiger partial charge in [-0.15, -0.1) is 11.3 Å². The molecule has 2 aliphatic carbocycles. The minimum atomic E-state index is 0.0487. The van der Waals surface area contributed by atoms with Gasteiger partial charge >= 0.3 is 0 Å². The van der Waals surface area contributed by atoms with Crippen LogP contribution in [0.1, 0.15) is 59.0 Å². The molecule has 0 unspecified atom stereocenters. The average molecular weight is 444 g/mol. The fourth-order valence-corrected chi connectivity index (χ4v) is 6.36. The third-order valence-corrected chi connectivity index (χ3v) is 8.37. The molecule has 2 aliphatic rings. The van der Waals surface area contributed by atoms with Crippen LogP contribution in [0.2, 0.25) is 0 Å². The van der Waals surface area contributed by atoms with Crippen LogP contribution in [0.25, 0.3) is 11.1 Å². The Labute approximate surface area is 193 Å². The lowest BCUT2D eigenvalue weighted by Crippen LogP contribution is -2.57. The van der Waals surface area contributed by atoms with Crippen LogP contribution in [0.15, 0.2) is 60.0 Å². The summed E-state index contributed by atoms with van der Waals surface area (Å²) in [5.41, 5.74) is 5.90. The van der Waals surface area contributed by atoms with Gasteiger partial charge in [-0.1, -0.05) is 54.6 Å². The van der Waals surface area contributed by atoms with E-state index in [2.05, 4.69) is 60.8 Å². The molecule has 2 fully saturated rings. The zero-order valence-electron chi connectivity index (χ0n) is 18.7. The van der Waals surface area contributed by atoms with Crippen LogP contribution < -0.4 is 5.32 Å². The summed E-state index contributed by atoms with van der Waals surface area (Å²) in [6.45, 7) is 3.80. The highest BCUT2D eigenvalue weighted by Crippen LogP contribution is 2.58. The molecule has 5 rings (SSSR count). The third-order valence-electron chi connectivity index (χ3n) is 7.42. The van der Waals surface area contributed by atoms with E-state index in [0.29, 0.717) is 11.2 Å². The van der Waals surface area contributed by atoms with Gasteiger partial charge in [0.15, 0.2) is 0 Å². The SMILES string of the molecule is CC(=O)C1CC2(CC(NC(=O)c3csc(C)c3Cc3ccc(-c4ccccc4)cc3)C2)C1. The van der Waals surface area contributed by atoms with Crippen molar-refractivity contribution < 1.29 is 9.59 Å². The zero-order valence-corrected chi connectivity index (χ0v) is 19.5. The van der Waals surface area contributed by atoms with E-state index < -0.39 is 0 Å². The Morgan fingerprint density at radius 3 is 2.28 bits per heavy atom. The lowest BCUT2D eigenvalue weighted by atomic mass is 9.49. The summed E-state index contributed by atoms with van der Waals surface area (Å²) in [6.07, 6.45) is 4.82. The van der Waals surface area contributed by atoms with Crippen LogP contribution in [-0.4, -0.2) is 17.7 Å². The number of rotatable bonds is 6. The maximum atomic E-state index is 13.0. The molecule has 1 spiro atoms. The van der Waals surface area contributed by atoms with E-state index in [1.165, 1.54) is 21.6 Å². The van der Waals surface area contributed by atoms with Crippen molar-refractivity contribution in [3.8, 4) is 11.1 Å². The quantitative estimate of drug-likeness (QED) is 0.494. The van der Waals surface area contributed by atoms with Gasteiger partial charge in [0.2, 0.25) is 0 Å². The Bertz CT molecular complexity index is 1130. The van der Waals surface area contributed by atoms with Crippen molar-refractivity contribution >= 4 is 23.0 Å². The van der Waals surface area contributed by atoms with Gasteiger partial charge in [0.05, 0.1) is 5.56 Å². The molecule has 1 N–H and O–H groups in total. The Hall–Kier alpha value is -2.72. The Morgan fingerprint density at radius 2 is 1.62 bits per heavy atom. The van der Waals surface area contributed by atoms with Crippen LogP contribution in [0.5, 0.6) is 0 Å². The van der Waals surface area contributed by atoms with Crippen LogP contribution in [0, 0.1) is 18.3 Å². The first-order valence-electron chi connectivity index (χ1n) is 11.5. The van der Waals surface area contributed by atoms with Crippen LogP contribution >= 0.6 is 11.3 Å². The highest BCUT2D eigenvalue weighted by atomic mass is 32.1. The molecule has 4 heteroatoms. The number of ketones is 1. The summed E-state index contributed by atoms with van der Waals surface area (Å²) >= 11 is 1.65. The number of Topliss-reactive ketones (excluding diaryl/α,β-unsaturated/α-hetero) is 1. The second kappa shape index (κ2) is 8.32. The van der Waals surface area contributed by atoms with Gasteiger partial charge in [-0.05, 0) is 73.6 Å². The molecule has 1 heterocycles. The number of amides is 1. The lowest BCUT2D eigenvalue weighted by Gasteiger charge is -2.57. The van der Waals surface area contributed by atoms with E-state index in [1.807, 2.05) is 11.4 Å². The number of aryl methyl sites for hydroxylation is 1. The summed E-state index contributed by atoms with van der Waals surface area (Å²) in [7, 11) is 0. The maximum Gasteiger partial charge on any atom is 0.252 e. The monoisotopic (exact) mass is 443 g/mol. The molecule has 3 nitrogen and oxygen atoms in total. The van der Waals surface area contributed by atoms with E-state index in [-0.39, 0.29) is 17.9 Å². The van der Waals surface area contributed by atoms with E-state index in [4.69, 9.17) is 0 Å². The van der Waals surface area contributed by atoms with Gasteiger partial charge in [-0.3, -0.25) is 9.59 Å². The van der Waals surface area contributed by atoms with E-state index in [9.17, 15) is 9.59 Å². The topological polar surface area (TPSA) is 46.2 Å². The second-order valence-corrected chi connectivity index (χ2v) is 10.8. The Balaban J connectivity index is 1.22. The van der Waals surface area contributed by atoms with Gasteiger partial charge in [-0.25, -0.2) is 0 Å². The first-order valence-corrected chi connectivity index (χ1v) is 12.3. The van der Waals surface area contributed by atoms with Crippen molar-refractivity contribution in [3.05, 3.63) is 81.5 Å². The summed E-state index contributed by atoms with van der Waals surface area (Å²) < 4.78 is 0. The molecule has 0 saturated heterocycles. The standard InChI is InChI=1S/C28H29NO2S/c1-18(30)23-13-28(14-23)15-24(16-28)29-27(31)26-17-32-19(2)25(26)12-20-8-10-22(11-9-20)21-6-4-3-5-7-21/h3-11,17,23-24H,12-16H2,1-2H3,(H,29,31). The number of benzene rings is 2. The Kier molecular flexibility index (Phi) is 5.50. The summed E-state index contributed by atoms with van der Waals surface area (Å²) in [5, 5.41) is 5.25. The highest BCUT2D eigenvalue weighted by Gasteiger charge is 2.54.